The molecule has 3 aromatic heterocycles. The van der Waals surface area contributed by atoms with Gasteiger partial charge in [-0.05, 0) is 47.9 Å². The van der Waals surface area contributed by atoms with Crippen LogP contribution in [0, 0.1) is 5.82 Å². The summed E-state index contributed by atoms with van der Waals surface area (Å²) in [6.07, 6.45) is 3.46. The summed E-state index contributed by atoms with van der Waals surface area (Å²) in [5.74, 6) is -0.141. The van der Waals surface area contributed by atoms with E-state index in [1.807, 2.05) is 37.3 Å². The molecule has 39 heavy (non-hydrogen) atoms. The Hall–Kier alpha value is -4.83. The molecule has 0 bridgehead atoms. The highest BCUT2D eigenvalue weighted by Gasteiger charge is 2.17. The number of aromatic amines is 1. The molecule has 0 aliphatic rings. The second-order valence-electron chi connectivity index (χ2n) is 9.17. The van der Waals surface area contributed by atoms with Crippen LogP contribution in [-0.4, -0.2) is 33.1 Å². The molecule has 5 rings (SSSR count). The fraction of sp³-hybridized carbons (Fsp3) is 0.172. The van der Waals surface area contributed by atoms with Crippen molar-refractivity contribution in [2.24, 2.45) is 5.73 Å². The molecule has 6 N–H and O–H groups in total. The summed E-state index contributed by atoms with van der Waals surface area (Å²) < 4.78 is 13.3. The van der Waals surface area contributed by atoms with Crippen LogP contribution in [0.5, 0.6) is 0 Å². The monoisotopic (exact) mass is 524 g/mol. The number of hydrogen-bond acceptors (Lipinski definition) is 7. The Kier molecular flexibility index (Phi) is 7.46. The highest BCUT2D eigenvalue weighted by Crippen LogP contribution is 2.25. The van der Waals surface area contributed by atoms with Gasteiger partial charge in [-0.15, -0.1) is 0 Å². The largest absolute Gasteiger partial charge is 0.387 e. The summed E-state index contributed by atoms with van der Waals surface area (Å²) in [6, 6.07) is 17.6. The molecule has 2 aromatic carbocycles. The minimum atomic E-state index is -0.320. The van der Waals surface area contributed by atoms with E-state index in [0.29, 0.717) is 35.8 Å². The van der Waals surface area contributed by atoms with E-state index in [4.69, 9.17) is 5.73 Å². The average Bonchev–Trinajstić information content (AvgIpc) is 3.39. The number of nitrogens with one attached hydrogen (secondary N) is 4. The van der Waals surface area contributed by atoms with Gasteiger partial charge in [0.25, 0.3) is 5.91 Å². The van der Waals surface area contributed by atoms with Gasteiger partial charge in [-0.25, -0.2) is 14.4 Å². The van der Waals surface area contributed by atoms with Crippen molar-refractivity contribution in [2.75, 3.05) is 17.7 Å². The standard InChI is InChI=1S/C29H29FN8O/c1-17(19-7-9-22(30)10-8-19)36-29(39)25-12-23(32-2)16-35-27(25)33-14-18-3-5-20(6-4-18)21-11-24-26(13-31)37-38-28(24)34-15-21/h3-12,15-17,32H,13-14,31H2,1-2H3,(H,33,35)(H,36,39)(H,34,37,38)/t17-/m0/s1. The van der Waals surface area contributed by atoms with Gasteiger partial charge in [0, 0.05) is 37.3 Å². The van der Waals surface area contributed by atoms with E-state index < -0.39 is 0 Å². The minimum Gasteiger partial charge on any atom is -0.387 e. The van der Waals surface area contributed by atoms with Gasteiger partial charge in [0.15, 0.2) is 5.65 Å². The van der Waals surface area contributed by atoms with Gasteiger partial charge in [0.1, 0.15) is 11.6 Å². The quantitative estimate of drug-likeness (QED) is 0.188. The molecule has 0 spiro atoms. The number of nitrogens with two attached hydrogens (primary N) is 1. The number of carbonyl (C=O) groups is 1. The lowest BCUT2D eigenvalue weighted by Crippen LogP contribution is -2.28. The van der Waals surface area contributed by atoms with Gasteiger partial charge < -0.3 is 21.7 Å². The van der Waals surface area contributed by atoms with Crippen molar-refractivity contribution in [3.8, 4) is 11.1 Å². The molecule has 0 saturated carbocycles. The van der Waals surface area contributed by atoms with Crippen molar-refractivity contribution in [2.45, 2.75) is 26.1 Å². The Morgan fingerprint density at radius 1 is 1.03 bits per heavy atom. The number of hydrogen-bond donors (Lipinski definition) is 5. The van der Waals surface area contributed by atoms with Gasteiger partial charge in [-0.3, -0.25) is 9.89 Å². The second-order valence-corrected chi connectivity index (χ2v) is 9.17. The predicted molar refractivity (Wildman–Crippen MR) is 151 cm³/mol. The van der Waals surface area contributed by atoms with Crippen LogP contribution in [0.4, 0.5) is 15.9 Å². The molecule has 0 unspecified atom stereocenters. The molecular weight excluding hydrogens is 495 g/mol. The van der Waals surface area contributed by atoms with Gasteiger partial charge in [0.2, 0.25) is 0 Å². The summed E-state index contributed by atoms with van der Waals surface area (Å²) in [6.45, 7) is 2.68. The van der Waals surface area contributed by atoms with Crippen LogP contribution < -0.4 is 21.7 Å². The SMILES string of the molecule is CNc1cnc(NCc2ccc(-c3cnc4n[nH]c(CN)c4c3)cc2)c(C(=O)N[C@@H](C)c2ccc(F)cc2)c1. The summed E-state index contributed by atoms with van der Waals surface area (Å²) >= 11 is 0. The van der Waals surface area contributed by atoms with E-state index in [-0.39, 0.29) is 17.8 Å². The highest BCUT2D eigenvalue weighted by atomic mass is 19.1. The number of rotatable bonds is 9. The number of carbonyl (C=O) groups excluding carboxylic acids is 1. The van der Waals surface area contributed by atoms with E-state index in [0.717, 1.165) is 33.3 Å². The lowest BCUT2D eigenvalue weighted by molar-refractivity contribution is 0.0940. The normalized spacial score (nSPS) is 11.8. The molecule has 0 radical (unpaired) electrons. The maximum atomic E-state index is 13.3. The summed E-state index contributed by atoms with van der Waals surface area (Å²) in [4.78, 5) is 22.1. The third kappa shape index (κ3) is 5.70. The fourth-order valence-corrected chi connectivity index (χ4v) is 4.29. The molecule has 5 aromatic rings. The Balaban J connectivity index is 1.30. The van der Waals surface area contributed by atoms with Crippen LogP contribution in [0.15, 0.2) is 73.1 Å². The molecule has 3 heterocycles. The third-order valence-electron chi connectivity index (χ3n) is 6.58. The minimum absolute atomic E-state index is 0.284. The molecule has 1 amide bonds. The molecule has 10 heteroatoms. The topological polar surface area (TPSA) is 134 Å². The Bertz CT molecular complexity index is 1600. The zero-order valence-corrected chi connectivity index (χ0v) is 21.6. The van der Waals surface area contributed by atoms with Gasteiger partial charge >= 0.3 is 0 Å². The Morgan fingerprint density at radius 2 is 1.79 bits per heavy atom. The number of pyridine rings is 2. The molecular formula is C29H29FN8O. The summed E-state index contributed by atoms with van der Waals surface area (Å²) in [7, 11) is 1.77. The van der Waals surface area contributed by atoms with Crippen LogP contribution in [0.1, 0.15) is 40.1 Å². The third-order valence-corrected chi connectivity index (χ3v) is 6.58. The molecule has 9 nitrogen and oxygen atoms in total. The fourth-order valence-electron chi connectivity index (χ4n) is 4.29. The number of anilines is 2. The van der Waals surface area contributed by atoms with E-state index in [1.165, 1.54) is 12.1 Å². The predicted octanol–water partition coefficient (Wildman–Crippen LogP) is 4.76. The first-order valence-electron chi connectivity index (χ1n) is 12.6. The van der Waals surface area contributed by atoms with Crippen LogP contribution in [0.3, 0.4) is 0 Å². The van der Waals surface area contributed by atoms with Crippen LogP contribution in [0.2, 0.25) is 0 Å². The number of aromatic nitrogens is 4. The zero-order chi connectivity index (χ0) is 27.4. The number of benzene rings is 2. The van der Waals surface area contributed by atoms with Crippen molar-refractivity contribution in [3.05, 3.63) is 101 Å². The second kappa shape index (κ2) is 11.3. The molecule has 0 aliphatic heterocycles. The van der Waals surface area contributed by atoms with Crippen molar-refractivity contribution >= 4 is 28.4 Å². The number of fused-ring (bicyclic) bond motifs is 1. The number of H-pyrrole nitrogens is 1. The first-order valence-corrected chi connectivity index (χ1v) is 12.6. The lowest BCUT2D eigenvalue weighted by atomic mass is 10.0. The average molecular weight is 525 g/mol. The van der Waals surface area contributed by atoms with Crippen molar-refractivity contribution in [3.63, 3.8) is 0 Å². The van der Waals surface area contributed by atoms with Crippen molar-refractivity contribution < 1.29 is 9.18 Å². The molecule has 1 atom stereocenters. The molecule has 0 aliphatic carbocycles. The summed E-state index contributed by atoms with van der Waals surface area (Å²) in [5, 5.41) is 17.3. The zero-order valence-electron chi connectivity index (χ0n) is 21.6. The number of halogens is 1. The first-order chi connectivity index (χ1) is 18.9. The number of amides is 1. The van der Waals surface area contributed by atoms with E-state index >= 15 is 0 Å². The molecule has 198 valence electrons. The molecule has 0 fully saturated rings. The maximum absolute atomic E-state index is 13.3. The first kappa shape index (κ1) is 25.8. The van der Waals surface area contributed by atoms with Gasteiger partial charge in [-0.2, -0.15) is 5.10 Å². The maximum Gasteiger partial charge on any atom is 0.255 e. The van der Waals surface area contributed by atoms with Crippen molar-refractivity contribution in [1.82, 2.24) is 25.5 Å². The van der Waals surface area contributed by atoms with E-state index in [1.54, 1.807) is 37.6 Å². The van der Waals surface area contributed by atoms with Crippen LogP contribution >= 0.6 is 0 Å². The Labute approximate surface area is 225 Å². The lowest BCUT2D eigenvalue weighted by Gasteiger charge is -2.17. The van der Waals surface area contributed by atoms with E-state index in [9.17, 15) is 9.18 Å². The highest BCUT2D eigenvalue weighted by molar-refractivity contribution is 5.99. The van der Waals surface area contributed by atoms with Crippen molar-refractivity contribution in [1.29, 1.82) is 0 Å². The van der Waals surface area contributed by atoms with Gasteiger partial charge in [0.05, 0.1) is 29.2 Å². The van der Waals surface area contributed by atoms with E-state index in [2.05, 4.69) is 36.1 Å². The smallest absolute Gasteiger partial charge is 0.255 e. The Morgan fingerprint density at radius 3 is 2.51 bits per heavy atom. The van der Waals surface area contributed by atoms with Crippen LogP contribution in [0.25, 0.3) is 22.2 Å². The number of nitrogens with zero attached hydrogens (tertiary/aromatic N) is 3. The van der Waals surface area contributed by atoms with Gasteiger partial charge in [-0.1, -0.05) is 36.4 Å². The van der Waals surface area contributed by atoms with Crippen LogP contribution in [-0.2, 0) is 13.1 Å². The molecule has 0 saturated heterocycles. The summed E-state index contributed by atoms with van der Waals surface area (Å²) in [5.41, 5.74) is 12.2.